The number of nitrogens with zero attached hydrogens (tertiary/aromatic N) is 2. The molecule has 0 radical (unpaired) electrons. The third kappa shape index (κ3) is 3.26. The Morgan fingerprint density at radius 1 is 0.893 bits per heavy atom. The second-order valence-electron chi connectivity index (χ2n) is 7.33. The Morgan fingerprint density at radius 3 is 2.21 bits per heavy atom. The van der Waals surface area contributed by atoms with Crippen molar-refractivity contribution in [2.45, 2.75) is 18.8 Å². The molecule has 2 aliphatic heterocycles. The molecule has 144 valence electrons. The summed E-state index contributed by atoms with van der Waals surface area (Å²) < 4.78 is 0. The molecule has 2 aliphatic rings. The summed E-state index contributed by atoms with van der Waals surface area (Å²) in [7, 11) is 0. The zero-order chi connectivity index (χ0) is 19.7. The van der Waals surface area contributed by atoms with Crippen LogP contribution in [0.3, 0.4) is 0 Å². The number of carbonyl (C=O) groups is 3. The van der Waals surface area contributed by atoms with Crippen molar-refractivity contribution < 1.29 is 19.5 Å². The number of carboxylic acids is 1. The number of aliphatic carboxylic acids is 1. The molecule has 0 aromatic heterocycles. The lowest BCUT2D eigenvalue weighted by Crippen LogP contribution is -2.44. The smallest absolute Gasteiger partial charge is 0.312 e. The number of piperidine rings is 1. The van der Waals surface area contributed by atoms with Gasteiger partial charge in [0.25, 0.3) is 5.91 Å². The van der Waals surface area contributed by atoms with Crippen molar-refractivity contribution in [2.75, 3.05) is 24.5 Å². The van der Waals surface area contributed by atoms with Crippen molar-refractivity contribution >= 4 is 23.5 Å². The van der Waals surface area contributed by atoms with E-state index in [1.807, 2.05) is 30.3 Å². The average Bonchev–Trinajstić information content (AvgIpc) is 3.13. The molecule has 0 saturated carbocycles. The summed E-state index contributed by atoms with van der Waals surface area (Å²) in [6, 6.07) is 16.4. The van der Waals surface area contributed by atoms with Gasteiger partial charge in [0.2, 0.25) is 5.91 Å². The second-order valence-corrected chi connectivity index (χ2v) is 7.33. The zero-order valence-electron chi connectivity index (χ0n) is 15.5. The fourth-order valence-electron chi connectivity index (χ4n) is 4.14. The van der Waals surface area contributed by atoms with Crippen LogP contribution in [0.4, 0.5) is 5.69 Å². The zero-order valence-corrected chi connectivity index (χ0v) is 15.5. The van der Waals surface area contributed by atoms with Gasteiger partial charge in [-0.1, -0.05) is 36.4 Å². The number of benzene rings is 2. The van der Waals surface area contributed by atoms with Crippen LogP contribution < -0.4 is 4.90 Å². The number of rotatable bonds is 3. The van der Waals surface area contributed by atoms with Crippen LogP contribution >= 0.6 is 0 Å². The monoisotopic (exact) mass is 378 g/mol. The normalized spacial score (nSPS) is 19.4. The Labute approximate surface area is 163 Å². The van der Waals surface area contributed by atoms with Gasteiger partial charge in [-0.15, -0.1) is 0 Å². The van der Waals surface area contributed by atoms with Gasteiger partial charge < -0.3 is 14.9 Å². The van der Waals surface area contributed by atoms with E-state index >= 15 is 0 Å². The summed E-state index contributed by atoms with van der Waals surface area (Å²) in [6.45, 7) is 1.24. The predicted octanol–water partition coefficient (Wildman–Crippen LogP) is 2.75. The third-order valence-corrected chi connectivity index (χ3v) is 5.68. The summed E-state index contributed by atoms with van der Waals surface area (Å²) in [6.07, 6.45) is 1.18. The molecule has 0 spiro atoms. The molecule has 4 rings (SSSR count). The van der Waals surface area contributed by atoms with Crippen LogP contribution in [0.1, 0.15) is 34.7 Å². The van der Waals surface area contributed by atoms with Crippen LogP contribution in [0.25, 0.3) is 0 Å². The lowest BCUT2D eigenvalue weighted by Gasteiger charge is -2.33. The van der Waals surface area contributed by atoms with Gasteiger partial charge in [-0.2, -0.15) is 0 Å². The van der Waals surface area contributed by atoms with E-state index in [0.717, 1.165) is 0 Å². The molecule has 0 bridgehead atoms. The number of carbonyl (C=O) groups excluding carboxylic acids is 2. The Hall–Kier alpha value is -3.15. The van der Waals surface area contributed by atoms with Crippen LogP contribution in [0.2, 0.25) is 0 Å². The molecule has 1 fully saturated rings. The molecule has 1 N–H and O–H groups in total. The molecule has 6 nitrogen and oxygen atoms in total. The molecular formula is C22H22N2O4. The molecule has 1 unspecified atom stereocenters. The molecule has 28 heavy (non-hydrogen) atoms. The standard InChI is InChI=1S/C22H22N2O4/c25-20(15-6-2-1-3-7-15)23-12-10-16(11-13-23)21(26)24-14-18(22(27)28)17-8-4-5-9-19(17)24/h1-9,16,18H,10-14H2,(H,27,28). The van der Waals surface area contributed by atoms with Gasteiger partial charge >= 0.3 is 5.97 Å². The van der Waals surface area contributed by atoms with Crippen LogP contribution in [-0.4, -0.2) is 47.4 Å². The molecule has 2 heterocycles. The molecule has 1 atom stereocenters. The number of hydrogen-bond acceptors (Lipinski definition) is 3. The molecule has 2 aromatic carbocycles. The highest BCUT2D eigenvalue weighted by Gasteiger charge is 2.39. The summed E-state index contributed by atoms with van der Waals surface area (Å²) in [5, 5.41) is 9.49. The van der Waals surface area contributed by atoms with Crippen molar-refractivity contribution in [2.24, 2.45) is 5.92 Å². The maximum absolute atomic E-state index is 13.1. The summed E-state index contributed by atoms with van der Waals surface area (Å²) in [5.74, 6) is -1.83. The number of fused-ring (bicyclic) bond motifs is 1. The molecule has 1 saturated heterocycles. The van der Waals surface area contributed by atoms with Crippen molar-refractivity contribution in [3.8, 4) is 0 Å². The molecule has 0 aliphatic carbocycles. The minimum atomic E-state index is -0.911. The quantitative estimate of drug-likeness (QED) is 0.891. The number of amides is 2. The highest BCUT2D eigenvalue weighted by Crippen LogP contribution is 2.38. The number of anilines is 1. The van der Waals surface area contributed by atoms with Gasteiger partial charge in [0.05, 0.1) is 0 Å². The second kappa shape index (κ2) is 7.46. The van der Waals surface area contributed by atoms with Crippen LogP contribution in [0, 0.1) is 5.92 Å². The minimum Gasteiger partial charge on any atom is -0.481 e. The van der Waals surface area contributed by atoms with Gasteiger partial charge in [0.15, 0.2) is 0 Å². The van der Waals surface area contributed by atoms with Gasteiger partial charge in [-0.25, -0.2) is 0 Å². The van der Waals surface area contributed by atoms with E-state index in [4.69, 9.17) is 0 Å². The number of likely N-dealkylation sites (tertiary alicyclic amines) is 1. The molecule has 2 amide bonds. The first-order chi connectivity index (χ1) is 13.6. The maximum Gasteiger partial charge on any atom is 0.312 e. The Kier molecular flexibility index (Phi) is 4.86. The molecule has 2 aromatic rings. The van der Waals surface area contributed by atoms with E-state index < -0.39 is 11.9 Å². The first-order valence-corrected chi connectivity index (χ1v) is 9.53. The van der Waals surface area contributed by atoms with Crippen LogP contribution in [0.5, 0.6) is 0 Å². The van der Waals surface area contributed by atoms with E-state index in [0.29, 0.717) is 42.7 Å². The first kappa shape index (κ1) is 18.2. The van der Waals surface area contributed by atoms with E-state index in [1.54, 1.807) is 34.1 Å². The lowest BCUT2D eigenvalue weighted by molar-refractivity contribution is -0.138. The Balaban J connectivity index is 1.44. The fourth-order valence-corrected chi connectivity index (χ4v) is 4.14. The largest absolute Gasteiger partial charge is 0.481 e. The van der Waals surface area contributed by atoms with E-state index in [2.05, 4.69) is 0 Å². The van der Waals surface area contributed by atoms with Crippen molar-refractivity contribution in [3.63, 3.8) is 0 Å². The SMILES string of the molecule is O=C(O)C1CN(C(=O)C2CCN(C(=O)c3ccccc3)CC2)c2ccccc21. The number of para-hydroxylation sites is 1. The van der Waals surface area contributed by atoms with Crippen molar-refractivity contribution in [3.05, 3.63) is 65.7 Å². The topological polar surface area (TPSA) is 77.9 Å². The molecular weight excluding hydrogens is 356 g/mol. The minimum absolute atomic E-state index is 0.0102. The lowest BCUT2D eigenvalue weighted by atomic mass is 9.94. The van der Waals surface area contributed by atoms with Gasteiger partial charge in [-0.3, -0.25) is 14.4 Å². The van der Waals surface area contributed by atoms with Crippen molar-refractivity contribution in [1.82, 2.24) is 4.90 Å². The third-order valence-electron chi connectivity index (χ3n) is 5.68. The van der Waals surface area contributed by atoms with Crippen molar-refractivity contribution in [1.29, 1.82) is 0 Å². The van der Waals surface area contributed by atoms with E-state index in [1.165, 1.54) is 0 Å². The molecule has 6 heteroatoms. The number of carboxylic acid groups (broad SMARTS) is 1. The van der Waals surface area contributed by atoms with Gasteiger partial charge in [-0.05, 0) is 36.6 Å². The first-order valence-electron chi connectivity index (χ1n) is 9.53. The predicted molar refractivity (Wildman–Crippen MR) is 104 cm³/mol. The van der Waals surface area contributed by atoms with Crippen LogP contribution in [-0.2, 0) is 9.59 Å². The van der Waals surface area contributed by atoms with E-state index in [9.17, 15) is 19.5 Å². The maximum atomic E-state index is 13.1. The number of hydrogen-bond donors (Lipinski definition) is 1. The highest BCUT2D eigenvalue weighted by molar-refractivity contribution is 6.00. The van der Waals surface area contributed by atoms with Gasteiger partial charge in [0, 0.05) is 36.8 Å². The fraction of sp³-hybridized carbons (Fsp3) is 0.318. The van der Waals surface area contributed by atoms with Crippen LogP contribution in [0.15, 0.2) is 54.6 Å². The average molecular weight is 378 g/mol. The summed E-state index contributed by atoms with van der Waals surface area (Å²) in [5.41, 5.74) is 2.05. The summed E-state index contributed by atoms with van der Waals surface area (Å²) in [4.78, 5) is 40.7. The Bertz CT molecular complexity index is 904. The van der Waals surface area contributed by atoms with Gasteiger partial charge in [0.1, 0.15) is 5.92 Å². The Morgan fingerprint density at radius 2 is 1.54 bits per heavy atom. The highest BCUT2D eigenvalue weighted by atomic mass is 16.4. The summed E-state index contributed by atoms with van der Waals surface area (Å²) >= 11 is 0. The van der Waals surface area contributed by atoms with E-state index in [-0.39, 0.29) is 24.3 Å².